The van der Waals surface area contributed by atoms with Crippen LogP contribution in [0.5, 0.6) is 0 Å². The number of hydrogen-bond acceptors (Lipinski definition) is 3. The molecule has 0 fully saturated rings. The molecule has 1 heterocycles. The van der Waals surface area contributed by atoms with Gasteiger partial charge in [0, 0.05) is 18.8 Å². The van der Waals surface area contributed by atoms with Gasteiger partial charge in [0.1, 0.15) is 5.82 Å². The molecule has 0 aromatic carbocycles. The lowest BCUT2D eigenvalue weighted by atomic mass is 10.1. The highest BCUT2D eigenvalue weighted by Gasteiger charge is 2.18. The molecule has 0 radical (unpaired) electrons. The lowest BCUT2D eigenvalue weighted by molar-refractivity contribution is 0.0702. The third-order valence-corrected chi connectivity index (χ3v) is 2.92. The van der Waals surface area contributed by atoms with Gasteiger partial charge in [0.15, 0.2) is 0 Å². The van der Waals surface area contributed by atoms with Gasteiger partial charge < -0.3 is 10.6 Å². The Morgan fingerprint density at radius 3 is 2.61 bits per heavy atom. The number of hydrogen-bond donors (Lipinski definition) is 1. The first-order chi connectivity index (χ1) is 8.56. The molecule has 0 aliphatic carbocycles. The second-order valence-corrected chi connectivity index (χ2v) is 4.77. The van der Waals surface area contributed by atoms with Crippen molar-refractivity contribution >= 4 is 11.7 Å². The normalized spacial score (nSPS) is 10.7. The largest absolute Gasteiger partial charge is 0.384 e. The molecular formula is C14H23N3O. The molecular weight excluding hydrogens is 226 g/mol. The second kappa shape index (κ2) is 6.99. The highest BCUT2D eigenvalue weighted by Crippen LogP contribution is 2.10. The van der Waals surface area contributed by atoms with E-state index in [1.165, 1.54) is 0 Å². The van der Waals surface area contributed by atoms with Crippen LogP contribution in [0.1, 0.15) is 50.4 Å². The number of nitrogens with zero attached hydrogens (tertiary/aromatic N) is 2. The van der Waals surface area contributed by atoms with Crippen LogP contribution in [0.2, 0.25) is 0 Å². The Morgan fingerprint density at radius 1 is 1.39 bits per heavy atom. The predicted molar refractivity (Wildman–Crippen MR) is 74.3 cm³/mol. The lowest BCUT2D eigenvalue weighted by Crippen LogP contribution is -2.37. The van der Waals surface area contributed by atoms with Crippen LogP contribution >= 0.6 is 0 Å². The summed E-state index contributed by atoms with van der Waals surface area (Å²) in [6, 6.07) is 3.60. The molecule has 1 aromatic heterocycles. The van der Waals surface area contributed by atoms with E-state index in [0.29, 0.717) is 11.4 Å². The molecule has 1 amide bonds. The Labute approximate surface area is 109 Å². The van der Waals surface area contributed by atoms with Gasteiger partial charge in [-0.25, -0.2) is 4.98 Å². The number of nitrogen functional groups attached to an aromatic ring is 1. The number of amides is 1. The summed E-state index contributed by atoms with van der Waals surface area (Å²) in [6.07, 6.45) is 4.90. The van der Waals surface area contributed by atoms with Gasteiger partial charge in [-0.05, 0) is 32.4 Å². The van der Waals surface area contributed by atoms with Gasteiger partial charge in [0.25, 0.3) is 5.91 Å². The van der Waals surface area contributed by atoms with Crippen molar-refractivity contribution in [2.75, 3.05) is 12.3 Å². The molecule has 4 heteroatoms. The SMILES string of the molecule is CCCCCN(C(=O)c1ccc(N)nc1)C(C)C. The highest BCUT2D eigenvalue weighted by molar-refractivity contribution is 5.94. The van der Waals surface area contributed by atoms with Crippen molar-refractivity contribution in [1.29, 1.82) is 0 Å². The number of carbonyl (C=O) groups excluding carboxylic acids is 1. The summed E-state index contributed by atoms with van der Waals surface area (Å²) in [6.45, 7) is 7.03. The third kappa shape index (κ3) is 4.02. The average Bonchev–Trinajstić information content (AvgIpc) is 2.34. The van der Waals surface area contributed by atoms with Crippen molar-refractivity contribution in [3.8, 4) is 0 Å². The maximum Gasteiger partial charge on any atom is 0.255 e. The first-order valence-electron chi connectivity index (χ1n) is 6.58. The zero-order chi connectivity index (χ0) is 13.5. The molecule has 0 atom stereocenters. The van der Waals surface area contributed by atoms with Crippen LogP contribution in [0.4, 0.5) is 5.82 Å². The minimum atomic E-state index is 0.0357. The molecule has 0 spiro atoms. The molecule has 0 saturated heterocycles. The van der Waals surface area contributed by atoms with Gasteiger partial charge in [-0.15, -0.1) is 0 Å². The van der Waals surface area contributed by atoms with E-state index >= 15 is 0 Å². The van der Waals surface area contributed by atoms with Gasteiger partial charge in [0.2, 0.25) is 0 Å². The Balaban J connectivity index is 2.73. The molecule has 0 aliphatic rings. The minimum Gasteiger partial charge on any atom is -0.384 e. The fourth-order valence-electron chi connectivity index (χ4n) is 1.82. The number of unbranched alkanes of at least 4 members (excludes halogenated alkanes) is 2. The summed E-state index contributed by atoms with van der Waals surface area (Å²) in [5.41, 5.74) is 6.13. The Morgan fingerprint density at radius 2 is 2.11 bits per heavy atom. The maximum absolute atomic E-state index is 12.3. The number of nitrogens with two attached hydrogens (primary N) is 1. The Kier molecular flexibility index (Phi) is 5.62. The van der Waals surface area contributed by atoms with Crippen LogP contribution in [0.25, 0.3) is 0 Å². The zero-order valence-corrected chi connectivity index (χ0v) is 11.5. The van der Waals surface area contributed by atoms with Gasteiger partial charge in [-0.2, -0.15) is 0 Å². The summed E-state index contributed by atoms with van der Waals surface area (Å²) >= 11 is 0. The molecule has 4 nitrogen and oxygen atoms in total. The summed E-state index contributed by atoms with van der Waals surface area (Å²) in [5.74, 6) is 0.474. The van der Waals surface area contributed by atoms with E-state index in [9.17, 15) is 4.79 Å². The van der Waals surface area contributed by atoms with E-state index in [-0.39, 0.29) is 11.9 Å². The van der Waals surface area contributed by atoms with Crippen LogP contribution in [-0.4, -0.2) is 28.4 Å². The van der Waals surface area contributed by atoms with Gasteiger partial charge in [-0.3, -0.25) is 4.79 Å². The van der Waals surface area contributed by atoms with Crippen molar-refractivity contribution in [3.63, 3.8) is 0 Å². The van der Waals surface area contributed by atoms with Crippen molar-refractivity contribution in [2.45, 2.75) is 46.1 Å². The molecule has 1 aromatic rings. The molecule has 2 N–H and O–H groups in total. The number of aromatic nitrogens is 1. The summed E-state index contributed by atoms with van der Waals surface area (Å²) in [4.78, 5) is 18.2. The van der Waals surface area contributed by atoms with E-state index < -0.39 is 0 Å². The summed E-state index contributed by atoms with van der Waals surface area (Å²) < 4.78 is 0. The van der Waals surface area contributed by atoms with Crippen LogP contribution in [0, 0.1) is 0 Å². The first kappa shape index (κ1) is 14.5. The monoisotopic (exact) mass is 249 g/mol. The first-order valence-corrected chi connectivity index (χ1v) is 6.58. The van der Waals surface area contributed by atoms with E-state index in [1.807, 2.05) is 18.7 Å². The smallest absolute Gasteiger partial charge is 0.255 e. The van der Waals surface area contributed by atoms with E-state index in [1.54, 1.807) is 18.3 Å². The Hall–Kier alpha value is -1.58. The van der Waals surface area contributed by atoms with E-state index in [2.05, 4.69) is 11.9 Å². The second-order valence-electron chi connectivity index (χ2n) is 4.77. The molecule has 100 valence electrons. The molecule has 0 aliphatic heterocycles. The van der Waals surface area contributed by atoms with Crippen LogP contribution in [-0.2, 0) is 0 Å². The van der Waals surface area contributed by atoms with Gasteiger partial charge in [0.05, 0.1) is 5.56 Å². The van der Waals surface area contributed by atoms with Gasteiger partial charge >= 0.3 is 0 Å². The van der Waals surface area contributed by atoms with Crippen LogP contribution < -0.4 is 5.73 Å². The number of rotatable bonds is 6. The van der Waals surface area contributed by atoms with Crippen molar-refractivity contribution < 1.29 is 4.79 Å². The van der Waals surface area contributed by atoms with Crippen LogP contribution in [0.3, 0.4) is 0 Å². The summed E-state index contributed by atoms with van der Waals surface area (Å²) in [5, 5.41) is 0. The van der Waals surface area contributed by atoms with E-state index in [4.69, 9.17) is 5.73 Å². The van der Waals surface area contributed by atoms with Crippen molar-refractivity contribution in [3.05, 3.63) is 23.9 Å². The quantitative estimate of drug-likeness (QED) is 0.789. The number of carbonyl (C=O) groups is 1. The average molecular weight is 249 g/mol. The number of pyridine rings is 1. The molecule has 0 bridgehead atoms. The minimum absolute atomic E-state index is 0.0357. The molecule has 1 rings (SSSR count). The molecule has 0 unspecified atom stereocenters. The fraction of sp³-hybridized carbons (Fsp3) is 0.571. The van der Waals surface area contributed by atoms with E-state index in [0.717, 1.165) is 25.8 Å². The standard InChI is InChI=1S/C14H23N3O/c1-4-5-6-9-17(11(2)3)14(18)12-7-8-13(15)16-10-12/h7-8,10-11H,4-6,9H2,1-3H3,(H2,15,16). The van der Waals surface area contributed by atoms with Crippen LogP contribution in [0.15, 0.2) is 18.3 Å². The topological polar surface area (TPSA) is 59.2 Å². The molecule has 0 saturated carbocycles. The third-order valence-electron chi connectivity index (χ3n) is 2.92. The Bertz CT molecular complexity index is 373. The van der Waals surface area contributed by atoms with Gasteiger partial charge in [-0.1, -0.05) is 19.8 Å². The zero-order valence-electron chi connectivity index (χ0n) is 11.5. The van der Waals surface area contributed by atoms with Crippen molar-refractivity contribution in [2.24, 2.45) is 0 Å². The lowest BCUT2D eigenvalue weighted by Gasteiger charge is -2.26. The number of anilines is 1. The fourth-order valence-corrected chi connectivity index (χ4v) is 1.82. The summed E-state index contributed by atoms with van der Waals surface area (Å²) in [7, 11) is 0. The predicted octanol–water partition coefficient (Wildman–Crippen LogP) is 2.70. The maximum atomic E-state index is 12.3. The highest BCUT2D eigenvalue weighted by atomic mass is 16.2. The van der Waals surface area contributed by atoms with Crippen molar-refractivity contribution in [1.82, 2.24) is 9.88 Å². The molecule has 18 heavy (non-hydrogen) atoms.